The van der Waals surface area contributed by atoms with Crippen LogP contribution in [0.15, 0.2) is 54.6 Å². The molecule has 0 aromatic heterocycles. The van der Waals surface area contributed by atoms with Gasteiger partial charge in [-0.15, -0.1) is 0 Å². The highest BCUT2D eigenvalue weighted by atomic mass is 19.1. The topological polar surface area (TPSA) is 62.4 Å². The predicted octanol–water partition coefficient (Wildman–Crippen LogP) is 2.32. The molecule has 2 unspecified atom stereocenters. The van der Waals surface area contributed by atoms with Gasteiger partial charge in [0, 0.05) is 12.6 Å². The van der Waals surface area contributed by atoms with Crippen molar-refractivity contribution >= 4 is 5.91 Å². The van der Waals surface area contributed by atoms with Gasteiger partial charge >= 0.3 is 0 Å². The molecule has 1 fully saturated rings. The molecule has 6 heteroatoms. The molecule has 2 aromatic rings. The zero-order valence-corrected chi connectivity index (χ0v) is 13.9. The maximum Gasteiger partial charge on any atom is 0.238 e. The third kappa shape index (κ3) is 5.01. The largest absolute Gasteiger partial charge is 0.494 e. The first kappa shape index (κ1) is 17.4. The molecule has 1 amide bonds. The first-order valence-corrected chi connectivity index (χ1v) is 8.44. The van der Waals surface area contributed by atoms with Crippen LogP contribution in [0.5, 0.6) is 5.75 Å². The minimum atomic E-state index is -0.286. The van der Waals surface area contributed by atoms with Crippen LogP contribution < -0.4 is 20.9 Å². The van der Waals surface area contributed by atoms with Gasteiger partial charge in [0.1, 0.15) is 17.6 Å². The Kier molecular flexibility index (Phi) is 5.98. The van der Waals surface area contributed by atoms with E-state index in [1.165, 1.54) is 12.1 Å². The van der Waals surface area contributed by atoms with Crippen molar-refractivity contribution in [2.24, 2.45) is 0 Å². The van der Waals surface area contributed by atoms with Crippen molar-refractivity contribution < 1.29 is 13.9 Å². The quantitative estimate of drug-likeness (QED) is 0.675. The van der Waals surface area contributed by atoms with E-state index in [-0.39, 0.29) is 23.8 Å². The van der Waals surface area contributed by atoms with Crippen LogP contribution >= 0.6 is 0 Å². The second kappa shape index (κ2) is 8.60. The highest BCUT2D eigenvalue weighted by Gasteiger charge is 2.29. The predicted molar refractivity (Wildman–Crippen MR) is 93.4 cm³/mol. The summed E-state index contributed by atoms with van der Waals surface area (Å²) >= 11 is 0. The number of ether oxygens (including phenoxy) is 1. The van der Waals surface area contributed by atoms with Crippen molar-refractivity contribution in [2.75, 3.05) is 13.2 Å². The second-order valence-electron chi connectivity index (χ2n) is 5.99. The summed E-state index contributed by atoms with van der Waals surface area (Å²) in [4.78, 5) is 12.2. The number of hydrogen-bond donors (Lipinski definition) is 3. The third-order valence-corrected chi connectivity index (χ3v) is 4.12. The fourth-order valence-electron chi connectivity index (χ4n) is 2.76. The molecule has 0 bridgehead atoms. The van der Waals surface area contributed by atoms with Gasteiger partial charge in [-0.05, 0) is 42.7 Å². The molecule has 2 aromatic carbocycles. The van der Waals surface area contributed by atoms with E-state index >= 15 is 0 Å². The van der Waals surface area contributed by atoms with Gasteiger partial charge in [0.25, 0.3) is 0 Å². The normalized spacial score (nSPS) is 19.6. The Morgan fingerprint density at radius 3 is 2.64 bits per heavy atom. The van der Waals surface area contributed by atoms with Gasteiger partial charge in [-0.2, -0.15) is 0 Å². The van der Waals surface area contributed by atoms with Crippen LogP contribution in [0.1, 0.15) is 24.4 Å². The molecule has 3 rings (SSSR count). The fraction of sp³-hybridized carbons (Fsp3) is 0.316. The lowest BCUT2D eigenvalue weighted by Crippen LogP contribution is -2.43. The lowest BCUT2D eigenvalue weighted by molar-refractivity contribution is -0.122. The van der Waals surface area contributed by atoms with Crippen LogP contribution in [-0.2, 0) is 4.79 Å². The molecule has 2 atom stereocenters. The molecule has 0 spiro atoms. The Bertz CT molecular complexity index is 679. The number of nitrogens with one attached hydrogen (secondary N) is 3. The van der Waals surface area contributed by atoms with Crippen LogP contribution in [0.3, 0.4) is 0 Å². The molecular weight excluding hydrogens is 321 g/mol. The van der Waals surface area contributed by atoms with Crippen molar-refractivity contribution in [2.45, 2.75) is 24.9 Å². The number of amides is 1. The minimum absolute atomic E-state index is 0.0206. The van der Waals surface area contributed by atoms with Gasteiger partial charge in [0.15, 0.2) is 0 Å². The maximum absolute atomic E-state index is 12.8. The SMILES string of the molecule is O=C(NCCCOc1ccc(F)cc1)C1CC(c2ccccc2)NN1. The summed E-state index contributed by atoms with van der Waals surface area (Å²) in [6.07, 6.45) is 1.40. The second-order valence-corrected chi connectivity index (χ2v) is 5.99. The Morgan fingerprint density at radius 2 is 1.88 bits per heavy atom. The first-order valence-electron chi connectivity index (χ1n) is 8.44. The summed E-state index contributed by atoms with van der Waals surface area (Å²) in [5.74, 6) is 0.318. The molecule has 0 radical (unpaired) electrons. The summed E-state index contributed by atoms with van der Waals surface area (Å²) in [6.45, 7) is 1.00. The fourth-order valence-corrected chi connectivity index (χ4v) is 2.76. The summed E-state index contributed by atoms with van der Waals surface area (Å²) in [5.41, 5.74) is 7.38. The molecule has 1 heterocycles. The van der Waals surface area contributed by atoms with E-state index in [9.17, 15) is 9.18 Å². The van der Waals surface area contributed by atoms with Crippen molar-refractivity contribution in [1.82, 2.24) is 16.2 Å². The van der Waals surface area contributed by atoms with Crippen molar-refractivity contribution in [1.29, 1.82) is 0 Å². The smallest absolute Gasteiger partial charge is 0.238 e. The molecule has 25 heavy (non-hydrogen) atoms. The Hall–Kier alpha value is -2.44. The number of benzene rings is 2. The Balaban J connectivity index is 1.34. The molecule has 1 aliphatic heterocycles. The third-order valence-electron chi connectivity index (χ3n) is 4.12. The average Bonchev–Trinajstić information content (AvgIpc) is 3.14. The molecule has 3 N–H and O–H groups in total. The molecule has 0 aliphatic carbocycles. The van der Waals surface area contributed by atoms with Crippen LogP contribution in [0.25, 0.3) is 0 Å². The molecule has 0 saturated carbocycles. The molecule has 1 saturated heterocycles. The first-order chi connectivity index (χ1) is 12.2. The average molecular weight is 343 g/mol. The van der Waals surface area contributed by atoms with Gasteiger partial charge in [-0.1, -0.05) is 30.3 Å². The van der Waals surface area contributed by atoms with E-state index in [1.807, 2.05) is 30.3 Å². The molecule has 1 aliphatic rings. The number of hydrogen-bond acceptors (Lipinski definition) is 4. The highest BCUT2D eigenvalue weighted by Crippen LogP contribution is 2.21. The number of rotatable bonds is 7. The van der Waals surface area contributed by atoms with Gasteiger partial charge < -0.3 is 10.1 Å². The summed E-state index contributed by atoms with van der Waals surface area (Å²) in [5, 5.41) is 2.91. The summed E-state index contributed by atoms with van der Waals surface area (Å²) < 4.78 is 18.3. The minimum Gasteiger partial charge on any atom is -0.494 e. The van der Waals surface area contributed by atoms with Gasteiger partial charge in [0.2, 0.25) is 5.91 Å². The number of carbonyl (C=O) groups is 1. The van der Waals surface area contributed by atoms with Gasteiger partial charge in [-0.25, -0.2) is 15.2 Å². The van der Waals surface area contributed by atoms with E-state index in [0.717, 1.165) is 5.56 Å². The number of carbonyl (C=O) groups excluding carboxylic acids is 1. The van der Waals surface area contributed by atoms with E-state index < -0.39 is 0 Å². The van der Waals surface area contributed by atoms with E-state index in [2.05, 4.69) is 16.2 Å². The zero-order valence-electron chi connectivity index (χ0n) is 13.9. The van der Waals surface area contributed by atoms with E-state index in [0.29, 0.717) is 31.7 Å². The van der Waals surface area contributed by atoms with Crippen molar-refractivity contribution in [3.8, 4) is 5.75 Å². The van der Waals surface area contributed by atoms with Crippen LogP contribution in [0.2, 0.25) is 0 Å². The van der Waals surface area contributed by atoms with Crippen molar-refractivity contribution in [3.63, 3.8) is 0 Å². The monoisotopic (exact) mass is 343 g/mol. The van der Waals surface area contributed by atoms with Crippen LogP contribution in [0.4, 0.5) is 4.39 Å². The van der Waals surface area contributed by atoms with Gasteiger partial charge in [-0.3, -0.25) is 4.79 Å². The summed E-state index contributed by atoms with van der Waals surface area (Å²) in [6, 6.07) is 15.8. The Morgan fingerprint density at radius 1 is 1.12 bits per heavy atom. The zero-order chi connectivity index (χ0) is 17.5. The number of halogens is 1. The lowest BCUT2D eigenvalue weighted by Gasteiger charge is -2.11. The maximum atomic E-state index is 12.8. The molecule has 5 nitrogen and oxygen atoms in total. The van der Waals surface area contributed by atoms with Gasteiger partial charge in [0.05, 0.1) is 6.61 Å². The van der Waals surface area contributed by atoms with Crippen LogP contribution in [-0.4, -0.2) is 25.1 Å². The van der Waals surface area contributed by atoms with E-state index in [4.69, 9.17) is 4.74 Å². The molecule has 132 valence electrons. The lowest BCUT2D eigenvalue weighted by atomic mass is 10.0. The summed E-state index contributed by atoms with van der Waals surface area (Å²) in [7, 11) is 0. The Labute approximate surface area is 146 Å². The van der Waals surface area contributed by atoms with E-state index in [1.54, 1.807) is 12.1 Å². The molecular formula is C19H22FN3O2. The number of hydrazine groups is 1. The van der Waals surface area contributed by atoms with Crippen molar-refractivity contribution in [3.05, 3.63) is 66.0 Å². The van der Waals surface area contributed by atoms with Crippen LogP contribution in [0, 0.1) is 5.82 Å². The highest BCUT2D eigenvalue weighted by molar-refractivity contribution is 5.82. The standard InChI is InChI=1S/C19H22FN3O2/c20-15-7-9-16(10-8-15)25-12-4-11-21-19(24)18-13-17(22-23-18)14-5-2-1-3-6-14/h1-3,5-10,17-18,22-23H,4,11-13H2,(H,21,24).